The van der Waals surface area contributed by atoms with E-state index in [1.165, 1.54) is 6.33 Å². The van der Waals surface area contributed by atoms with Gasteiger partial charge in [-0.05, 0) is 43.3 Å². The van der Waals surface area contributed by atoms with Crippen molar-refractivity contribution in [3.8, 4) is 5.75 Å². The van der Waals surface area contributed by atoms with Crippen molar-refractivity contribution in [1.82, 2.24) is 9.97 Å². The fourth-order valence-corrected chi connectivity index (χ4v) is 2.32. The van der Waals surface area contributed by atoms with Crippen LogP contribution in [0.2, 0.25) is 0 Å². The molecule has 0 aliphatic rings. The van der Waals surface area contributed by atoms with Gasteiger partial charge in [0.15, 0.2) is 0 Å². The highest BCUT2D eigenvalue weighted by atomic mass is 16.5. The second-order valence-electron chi connectivity index (χ2n) is 5.32. The number of nitrogens with zero attached hydrogens (tertiary/aromatic N) is 2. The van der Waals surface area contributed by atoms with E-state index in [0.29, 0.717) is 11.5 Å². The molecule has 2 aromatic carbocycles. The summed E-state index contributed by atoms with van der Waals surface area (Å²) >= 11 is 0. The van der Waals surface area contributed by atoms with Gasteiger partial charge in [-0.2, -0.15) is 0 Å². The van der Waals surface area contributed by atoms with Gasteiger partial charge in [0.05, 0.1) is 12.6 Å². The van der Waals surface area contributed by atoms with Crippen LogP contribution in [0.25, 0.3) is 10.9 Å². The highest BCUT2D eigenvalue weighted by Gasteiger charge is 2.15. The standard InChI is InChI=1S/C18H18N4O2/c1-12(18(23)22-13-7-9-14(24-2)10-8-13)21-17-15-5-3-4-6-16(15)19-11-20-17/h3-12H,1-2H3,(H,22,23)(H,19,20,21). The molecule has 2 N–H and O–H groups in total. The van der Waals surface area contributed by atoms with Gasteiger partial charge in [-0.25, -0.2) is 9.97 Å². The zero-order chi connectivity index (χ0) is 16.9. The monoisotopic (exact) mass is 322 g/mol. The smallest absolute Gasteiger partial charge is 0.246 e. The Morgan fingerprint density at radius 3 is 2.58 bits per heavy atom. The van der Waals surface area contributed by atoms with Crippen molar-refractivity contribution in [1.29, 1.82) is 0 Å². The Balaban J connectivity index is 1.71. The Kier molecular flexibility index (Phi) is 4.56. The number of benzene rings is 2. The Bertz CT molecular complexity index is 844. The SMILES string of the molecule is COc1ccc(NC(=O)C(C)Nc2ncnc3ccccc23)cc1. The first-order valence-corrected chi connectivity index (χ1v) is 7.58. The molecule has 24 heavy (non-hydrogen) atoms. The molecule has 3 aromatic rings. The van der Waals surface area contributed by atoms with Crippen LogP contribution in [0.1, 0.15) is 6.92 Å². The molecule has 6 heteroatoms. The van der Waals surface area contributed by atoms with Crippen LogP contribution >= 0.6 is 0 Å². The molecule has 0 aliphatic carbocycles. The number of aromatic nitrogens is 2. The molecular weight excluding hydrogens is 304 g/mol. The molecule has 1 aromatic heterocycles. The maximum atomic E-state index is 12.4. The second-order valence-corrected chi connectivity index (χ2v) is 5.32. The predicted octanol–water partition coefficient (Wildman–Crippen LogP) is 3.08. The van der Waals surface area contributed by atoms with E-state index in [9.17, 15) is 4.79 Å². The first kappa shape index (κ1) is 15.7. The van der Waals surface area contributed by atoms with Gasteiger partial charge >= 0.3 is 0 Å². The van der Waals surface area contributed by atoms with Crippen molar-refractivity contribution in [3.05, 3.63) is 54.9 Å². The highest BCUT2D eigenvalue weighted by Crippen LogP contribution is 2.20. The molecule has 0 fully saturated rings. The third-order valence-electron chi connectivity index (χ3n) is 3.65. The molecule has 1 unspecified atom stereocenters. The summed E-state index contributed by atoms with van der Waals surface area (Å²) in [7, 11) is 1.60. The normalized spacial score (nSPS) is 11.8. The van der Waals surface area contributed by atoms with E-state index in [4.69, 9.17) is 4.74 Å². The molecule has 1 atom stereocenters. The molecule has 0 saturated heterocycles. The summed E-state index contributed by atoms with van der Waals surface area (Å²) in [5.74, 6) is 1.23. The van der Waals surface area contributed by atoms with Crippen LogP contribution in [-0.2, 0) is 4.79 Å². The first-order valence-electron chi connectivity index (χ1n) is 7.58. The molecule has 3 rings (SSSR count). The first-order chi connectivity index (χ1) is 11.7. The van der Waals surface area contributed by atoms with Crippen LogP contribution in [0.15, 0.2) is 54.9 Å². The number of fused-ring (bicyclic) bond motifs is 1. The molecule has 1 amide bonds. The number of amides is 1. The second kappa shape index (κ2) is 6.95. The average Bonchev–Trinajstić information content (AvgIpc) is 2.62. The van der Waals surface area contributed by atoms with E-state index in [2.05, 4.69) is 20.6 Å². The van der Waals surface area contributed by atoms with E-state index >= 15 is 0 Å². The largest absolute Gasteiger partial charge is 0.497 e. The van der Waals surface area contributed by atoms with Crippen molar-refractivity contribution < 1.29 is 9.53 Å². The van der Waals surface area contributed by atoms with Gasteiger partial charge < -0.3 is 15.4 Å². The fourth-order valence-electron chi connectivity index (χ4n) is 2.32. The quantitative estimate of drug-likeness (QED) is 0.755. The Morgan fingerprint density at radius 1 is 1.08 bits per heavy atom. The number of ether oxygens (including phenoxy) is 1. The summed E-state index contributed by atoms with van der Waals surface area (Å²) in [5.41, 5.74) is 1.54. The van der Waals surface area contributed by atoms with Gasteiger partial charge in [0.25, 0.3) is 0 Å². The molecule has 122 valence electrons. The number of hydrogen-bond acceptors (Lipinski definition) is 5. The number of methoxy groups -OCH3 is 1. The fraction of sp³-hybridized carbons (Fsp3) is 0.167. The van der Waals surface area contributed by atoms with Crippen LogP contribution in [0.4, 0.5) is 11.5 Å². The minimum atomic E-state index is -0.453. The zero-order valence-electron chi connectivity index (χ0n) is 13.5. The van der Waals surface area contributed by atoms with Crippen molar-refractivity contribution in [2.45, 2.75) is 13.0 Å². The number of anilines is 2. The van der Waals surface area contributed by atoms with Crippen molar-refractivity contribution in [2.24, 2.45) is 0 Å². The summed E-state index contributed by atoms with van der Waals surface area (Å²) in [4.78, 5) is 20.8. The zero-order valence-corrected chi connectivity index (χ0v) is 13.5. The third kappa shape index (κ3) is 3.43. The molecule has 6 nitrogen and oxygen atoms in total. The van der Waals surface area contributed by atoms with E-state index in [1.807, 2.05) is 24.3 Å². The minimum absolute atomic E-state index is 0.150. The Labute approximate surface area is 139 Å². The maximum absolute atomic E-state index is 12.4. The van der Waals surface area contributed by atoms with E-state index in [-0.39, 0.29) is 5.91 Å². The maximum Gasteiger partial charge on any atom is 0.246 e. The van der Waals surface area contributed by atoms with Gasteiger partial charge in [0, 0.05) is 11.1 Å². The van der Waals surface area contributed by atoms with E-state index < -0.39 is 6.04 Å². The number of carbonyl (C=O) groups is 1. The average molecular weight is 322 g/mol. The summed E-state index contributed by atoms with van der Waals surface area (Å²) in [6.45, 7) is 1.79. The van der Waals surface area contributed by atoms with Gasteiger partial charge in [-0.1, -0.05) is 12.1 Å². The third-order valence-corrected chi connectivity index (χ3v) is 3.65. The van der Waals surface area contributed by atoms with Crippen molar-refractivity contribution in [2.75, 3.05) is 17.7 Å². The van der Waals surface area contributed by atoms with Crippen LogP contribution in [-0.4, -0.2) is 29.0 Å². The Morgan fingerprint density at radius 2 is 1.83 bits per heavy atom. The summed E-state index contributed by atoms with van der Waals surface area (Å²) in [6.07, 6.45) is 1.48. The van der Waals surface area contributed by atoms with Crippen molar-refractivity contribution >= 4 is 28.3 Å². The summed E-state index contributed by atoms with van der Waals surface area (Å²) in [6, 6.07) is 14.4. The molecule has 0 aliphatic heterocycles. The van der Waals surface area contributed by atoms with Crippen LogP contribution in [0.5, 0.6) is 5.75 Å². The van der Waals surface area contributed by atoms with Gasteiger partial charge in [-0.3, -0.25) is 4.79 Å². The summed E-state index contributed by atoms with van der Waals surface area (Å²) < 4.78 is 5.10. The highest BCUT2D eigenvalue weighted by molar-refractivity contribution is 5.98. The van der Waals surface area contributed by atoms with Gasteiger partial charge in [-0.15, -0.1) is 0 Å². The molecule has 0 saturated carbocycles. The summed E-state index contributed by atoms with van der Waals surface area (Å²) in [5, 5.41) is 6.88. The lowest BCUT2D eigenvalue weighted by molar-refractivity contribution is -0.116. The molecule has 0 bridgehead atoms. The molecule has 0 radical (unpaired) electrons. The van der Waals surface area contributed by atoms with Crippen LogP contribution in [0, 0.1) is 0 Å². The topological polar surface area (TPSA) is 76.1 Å². The molecule has 1 heterocycles. The lowest BCUT2D eigenvalue weighted by atomic mass is 10.2. The van der Waals surface area contributed by atoms with Gasteiger partial charge in [0.2, 0.25) is 5.91 Å². The minimum Gasteiger partial charge on any atom is -0.497 e. The number of hydrogen-bond donors (Lipinski definition) is 2. The number of nitrogens with one attached hydrogen (secondary N) is 2. The van der Waals surface area contributed by atoms with E-state index in [1.54, 1.807) is 38.3 Å². The predicted molar refractivity (Wildman–Crippen MR) is 94.2 cm³/mol. The van der Waals surface area contributed by atoms with Gasteiger partial charge in [0.1, 0.15) is 23.9 Å². The molecular formula is C18H18N4O2. The number of carbonyl (C=O) groups excluding carboxylic acids is 1. The van der Waals surface area contributed by atoms with E-state index in [0.717, 1.165) is 16.7 Å². The van der Waals surface area contributed by atoms with Crippen molar-refractivity contribution in [3.63, 3.8) is 0 Å². The lowest BCUT2D eigenvalue weighted by Crippen LogP contribution is -2.32. The van der Waals surface area contributed by atoms with Crippen LogP contribution in [0.3, 0.4) is 0 Å². The van der Waals surface area contributed by atoms with Crippen LogP contribution < -0.4 is 15.4 Å². The number of rotatable bonds is 5. The number of para-hydroxylation sites is 1. The Hall–Kier alpha value is -3.15. The lowest BCUT2D eigenvalue weighted by Gasteiger charge is -2.16. The molecule has 0 spiro atoms.